The van der Waals surface area contributed by atoms with Crippen molar-refractivity contribution in [2.75, 3.05) is 0 Å². The minimum Gasteiger partial charge on any atom is -0.416 e. The average molecular weight is 1440 g/mol. The lowest BCUT2D eigenvalue weighted by Gasteiger charge is -2.49. The molecule has 17 nitrogen and oxygen atoms in total. The minimum atomic E-state index is -3.05. The highest BCUT2D eigenvalue weighted by atomic mass is 28.6. The Morgan fingerprint density at radius 1 is 0.203 bits per heavy atom. The maximum atomic E-state index is 15.7. The molecule has 0 aromatic rings. The van der Waals surface area contributed by atoms with Crippen LogP contribution in [0, 0.1) is 0 Å². The summed E-state index contributed by atoms with van der Waals surface area (Å²) < 4.78 is 112. The highest BCUT2D eigenvalue weighted by Crippen LogP contribution is 2.44. The largest absolute Gasteiger partial charge is 0.416 e. The molecule has 0 aliphatic carbocycles. The van der Waals surface area contributed by atoms with E-state index < -0.39 is 161 Å². The Bertz CT molecular complexity index is 1730. The summed E-state index contributed by atoms with van der Waals surface area (Å²) >= 11 is 0. The van der Waals surface area contributed by atoms with Crippen LogP contribution in [0.4, 0.5) is 0 Å². The third kappa shape index (κ3) is 25.7. The van der Waals surface area contributed by atoms with Crippen molar-refractivity contribution < 1.29 is 70.6 Å². The summed E-state index contributed by atoms with van der Waals surface area (Å²) in [7, 11) is -49.5. The second-order valence-electron chi connectivity index (χ2n) is 31.0. The Balaban J connectivity index is 1.70. The standard InChI is InChI=1S/C43H117O17Si19/c1-61(2)45-65(9,10)53-76(28,54-66(11,12)46-61)40-34-73(25,35-41-77(29)55-67(13,14)47-62(3,4)48-68(15,16)56-77)32-38-75(27,44)39-33-74(26,36-42-78(30)57-69(17,18)49-63(5,6)50-70(19,20)58-78)37-43-79(31)59-71(21,22)51-64(7,8)52-72(23,24)60-79/h32-43H2,1-31H3. The molecule has 0 saturated carbocycles. The topological polar surface area (TPSA) is 168 Å². The van der Waals surface area contributed by atoms with Gasteiger partial charge in [-0.2, -0.15) is 0 Å². The Kier molecular flexibility index (Phi) is 23.6. The molecular formula is C43H117O17Si19. The summed E-state index contributed by atoms with van der Waals surface area (Å²) in [6.45, 7) is 67.5. The van der Waals surface area contributed by atoms with Crippen molar-refractivity contribution in [3.63, 3.8) is 0 Å². The van der Waals surface area contributed by atoms with Gasteiger partial charge in [-0.05, 0) is 226 Å². The van der Waals surface area contributed by atoms with Gasteiger partial charge in [0.25, 0.3) is 0 Å². The lowest BCUT2D eigenvalue weighted by atomic mass is 10.9. The van der Waals surface area contributed by atoms with Crippen molar-refractivity contribution in [1.82, 2.24) is 0 Å². The zero-order valence-electron chi connectivity index (χ0n) is 55.9. The van der Waals surface area contributed by atoms with Crippen LogP contribution in [-0.2, 0) is 70.6 Å². The van der Waals surface area contributed by atoms with Gasteiger partial charge in [0.1, 0.15) is 0 Å². The van der Waals surface area contributed by atoms with Gasteiger partial charge >= 0.3 is 137 Å². The van der Waals surface area contributed by atoms with Crippen LogP contribution in [0.3, 0.4) is 0 Å². The van der Waals surface area contributed by atoms with E-state index in [0.717, 1.165) is 72.5 Å². The highest BCUT2D eigenvalue weighted by molar-refractivity contribution is 6.98. The Morgan fingerprint density at radius 3 is 0.468 bits per heavy atom. The molecule has 0 atom stereocenters. The van der Waals surface area contributed by atoms with Crippen molar-refractivity contribution in [1.29, 1.82) is 0 Å². The van der Waals surface area contributed by atoms with Gasteiger partial charge in [-0.25, -0.2) is 0 Å². The highest BCUT2D eigenvalue weighted by Gasteiger charge is 2.58. The summed E-state index contributed by atoms with van der Waals surface area (Å²) in [6, 6.07) is 10.5. The van der Waals surface area contributed by atoms with E-state index in [9.17, 15) is 0 Å². The molecule has 0 aromatic heterocycles. The van der Waals surface area contributed by atoms with E-state index in [1.807, 2.05) is 0 Å². The van der Waals surface area contributed by atoms with E-state index in [-0.39, 0.29) is 0 Å². The van der Waals surface area contributed by atoms with Gasteiger partial charge in [-0.15, -0.1) is 0 Å². The van der Waals surface area contributed by atoms with Crippen molar-refractivity contribution in [3.8, 4) is 0 Å². The number of hydrogen-bond acceptors (Lipinski definition) is 16. The van der Waals surface area contributed by atoms with Crippen molar-refractivity contribution >= 4 is 161 Å². The summed E-state index contributed by atoms with van der Waals surface area (Å²) in [5.41, 5.74) is 0. The van der Waals surface area contributed by atoms with Gasteiger partial charge < -0.3 is 65.8 Å². The second-order valence-corrected chi connectivity index (χ2v) is 103. The number of hydrogen-bond donors (Lipinski definition) is 0. The summed E-state index contributed by atoms with van der Waals surface area (Å²) in [5.74, 6) is 0. The molecule has 4 saturated heterocycles. The van der Waals surface area contributed by atoms with Crippen LogP contribution in [0.2, 0.25) is 275 Å². The van der Waals surface area contributed by atoms with E-state index >= 15 is 4.80 Å². The third-order valence-electron chi connectivity index (χ3n) is 14.9. The van der Waals surface area contributed by atoms with Gasteiger partial charge in [-0.1, -0.05) is 49.4 Å². The van der Waals surface area contributed by atoms with Crippen molar-refractivity contribution in [2.45, 2.75) is 275 Å². The van der Waals surface area contributed by atoms with Crippen LogP contribution >= 0.6 is 0 Å². The molecule has 0 aromatic carbocycles. The van der Waals surface area contributed by atoms with E-state index in [1.54, 1.807) is 0 Å². The Labute approximate surface area is 503 Å². The smallest absolute Gasteiger partial charge is 0.317 e. The summed E-state index contributed by atoms with van der Waals surface area (Å²) in [6.07, 6.45) is 0. The van der Waals surface area contributed by atoms with Crippen LogP contribution < -0.4 is 0 Å². The van der Waals surface area contributed by atoms with Gasteiger partial charge in [0.15, 0.2) is 0 Å². The average Bonchev–Trinajstić information content (AvgIpc) is 3.09. The summed E-state index contributed by atoms with van der Waals surface area (Å²) in [4.78, 5) is 15.7. The Hall–Kier alpha value is 3.44. The number of rotatable bonds is 18. The molecule has 4 rings (SSSR count). The lowest BCUT2D eigenvalue weighted by Crippen LogP contribution is -2.65. The molecule has 4 heterocycles. The quantitative estimate of drug-likeness (QED) is 0.119. The lowest BCUT2D eigenvalue weighted by molar-refractivity contribution is 0.232. The van der Waals surface area contributed by atoms with Gasteiger partial charge in [-0.3, -0.25) is 4.80 Å². The predicted molar refractivity (Wildman–Crippen MR) is 367 cm³/mol. The van der Waals surface area contributed by atoms with E-state index in [2.05, 4.69) is 203 Å². The molecule has 0 N–H and O–H groups in total. The second kappa shape index (κ2) is 24.9. The van der Waals surface area contributed by atoms with Crippen LogP contribution in [0.15, 0.2) is 0 Å². The van der Waals surface area contributed by atoms with E-state index in [0.29, 0.717) is 0 Å². The Morgan fingerprint density at radius 2 is 0.329 bits per heavy atom. The predicted octanol–water partition coefficient (Wildman–Crippen LogP) is 15.2. The molecule has 4 aliphatic rings. The zero-order chi connectivity index (χ0) is 61.3. The molecule has 0 bridgehead atoms. The first-order valence-corrected chi connectivity index (χ1v) is 82.4. The minimum absolute atomic E-state index is 0.721. The molecule has 0 amide bonds. The zero-order valence-corrected chi connectivity index (χ0v) is 74.9. The van der Waals surface area contributed by atoms with E-state index in [4.69, 9.17) is 65.8 Å². The maximum absolute atomic E-state index is 15.7. The van der Waals surface area contributed by atoms with Gasteiger partial charge in [0.05, 0.1) is 16.1 Å². The SMILES string of the molecule is C[Si]([O])(CC[Si](C)(CC[Si]1(C)O[Si](C)(C)O[Si](C)(C)O[Si](C)(C)O1)CC[Si]1(C)O[Si](C)(C)O[Si](C)(C)O[Si](C)(C)O1)CC[Si](C)(CC[Si]1(C)O[Si](C)(C)O[Si](C)(C)O[Si](C)(C)O1)CC[Si]1(C)O[Si](C)(C)O[Si](C)(C)O[Si](C)(C)O1. The van der Waals surface area contributed by atoms with E-state index in [1.165, 1.54) is 0 Å². The molecule has 4 aliphatic heterocycles. The van der Waals surface area contributed by atoms with Crippen LogP contribution in [0.5, 0.6) is 0 Å². The fourth-order valence-electron chi connectivity index (χ4n) is 13.8. The monoisotopic (exact) mass is 1440 g/mol. The van der Waals surface area contributed by atoms with Gasteiger partial charge in [0, 0.05) is 0 Å². The van der Waals surface area contributed by atoms with Gasteiger partial charge in [0.2, 0.25) is 8.32 Å². The van der Waals surface area contributed by atoms with Crippen LogP contribution in [0.25, 0.3) is 0 Å². The van der Waals surface area contributed by atoms with Crippen molar-refractivity contribution in [3.05, 3.63) is 0 Å². The molecule has 4 fully saturated rings. The molecule has 467 valence electrons. The first-order valence-electron chi connectivity index (χ1n) is 29.5. The fourth-order valence-corrected chi connectivity index (χ4v) is 125. The van der Waals surface area contributed by atoms with Crippen LogP contribution in [-0.4, -0.2) is 161 Å². The fraction of sp³-hybridized carbons (Fsp3) is 1.00. The summed E-state index contributed by atoms with van der Waals surface area (Å²) in [5, 5.41) is 0. The normalized spacial score (nSPS) is 29.2. The molecule has 79 heavy (non-hydrogen) atoms. The third-order valence-corrected chi connectivity index (χ3v) is 94.9. The molecular weight excluding hydrogens is 1320 g/mol. The molecule has 0 unspecified atom stereocenters. The molecule has 1 radical (unpaired) electrons. The molecule has 36 heteroatoms. The first kappa shape index (κ1) is 74.9. The van der Waals surface area contributed by atoms with Crippen molar-refractivity contribution in [2.24, 2.45) is 0 Å². The van der Waals surface area contributed by atoms with Crippen LogP contribution in [0.1, 0.15) is 0 Å². The molecule has 0 spiro atoms. The maximum Gasteiger partial charge on any atom is 0.317 e. The first-order chi connectivity index (χ1) is 34.6.